The molecule has 0 bridgehead atoms. The Morgan fingerprint density at radius 3 is 2.70 bits per heavy atom. The highest BCUT2D eigenvalue weighted by Crippen LogP contribution is 2.49. The lowest BCUT2D eigenvalue weighted by Gasteiger charge is -2.25. The molecule has 1 saturated carbocycles. The molecule has 0 spiro atoms. The molecule has 0 aromatic heterocycles. The molecule has 0 radical (unpaired) electrons. The van der Waals surface area contributed by atoms with E-state index in [9.17, 15) is 14.7 Å². The molecule has 6 heteroatoms. The van der Waals surface area contributed by atoms with Crippen molar-refractivity contribution in [3.63, 3.8) is 0 Å². The van der Waals surface area contributed by atoms with Crippen molar-refractivity contribution in [1.82, 2.24) is 4.90 Å². The number of rotatable bonds is 4. The molecule has 3 rings (SSSR count). The van der Waals surface area contributed by atoms with Gasteiger partial charge < -0.3 is 14.7 Å². The van der Waals surface area contributed by atoms with E-state index >= 15 is 0 Å². The van der Waals surface area contributed by atoms with Gasteiger partial charge in [-0.2, -0.15) is 0 Å². The summed E-state index contributed by atoms with van der Waals surface area (Å²) in [5, 5.41) is 11.4. The number of carbonyl (C=O) groups is 2. The van der Waals surface area contributed by atoms with Crippen LogP contribution in [-0.4, -0.2) is 47.7 Å². The minimum atomic E-state index is -1.00. The van der Waals surface area contributed by atoms with Crippen LogP contribution in [0.25, 0.3) is 0 Å². The average Bonchev–Trinajstić information content (AvgIpc) is 3.24. The Morgan fingerprint density at radius 2 is 2.09 bits per heavy atom. The third-order valence-electron chi connectivity index (χ3n) is 4.78. The second-order valence-corrected chi connectivity index (χ2v) is 7.02. The Hall–Kier alpha value is -1.59. The van der Waals surface area contributed by atoms with E-state index < -0.39 is 17.0 Å². The number of β-amino-alcohol motifs (C(OH)–C–C–N with tert-alkyl or cyclic N) is 1. The third-order valence-corrected chi connectivity index (χ3v) is 5.01. The second-order valence-electron chi connectivity index (χ2n) is 6.58. The number of nitrogens with zero attached hydrogens (tertiary/aromatic N) is 1. The topological polar surface area (TPSA) is 66.8 Å². The number of carbonyl (C=O) groups excluding carboxylic acids is 2. The zero-order valence-corrected chi connectivity index (χ0v) is 13.8. The molecule has 1 aromatic carbocycles. The fourth-order valence-electron chi connectivity index (χ4n) is 3.33. The first kappa shape index (κ1) is 16.3. The van der Waals surface area contributed by atoms with Crippen LogP contribution in [0.3, 0.4) is 0 Å². The number of ether oxygens (including phenoxy) is 1. The molecule has 1 aliphatic heterocycles. The van der Waals surface area contributed by atoms with Crippen molar-refractivity contribution in [2.45, 2.75) is 31.3 Å². The number of hydrogen-bond acceptors (Lipinski definition) is 4. The number of hydrogen-bond donors (Lipinski definition) is 1. The predicted molar refractivity (Wildman–Crippen MR) is 85.0 cm³/mol. The van der Waals surface area contributed by atoms with Gasteiger partial charge in [-0.3, -0.25) is 9.59 Å². The van der Waals surface area contributed by atoms with Gasteiger partial charge in [0.15, 0.2) is 0 Å². The molecule has 124 valence electrons. The molecule has 1 N–H and O–H groups in total. The lowest BCUT2D eigenvalue weighted by atomic mass is 9.94. The van der Waals surface area contributed by atoms with Crippen molar-refractivity contribution in [3.05, 3.63) is 34.9 Å². The number of esters is 1. The van der Waals surface area contributed by atoms with Gasteiger partial charge in [-0.15, -0.1) is 0 Å². The van der Waals surface area contributed by atoms with E-state index in [2.05, 4.69) is 0 Å². The number of amides is 1. The van der Waals surface area contributed by atoms with E-state index in [-0.39, 0.29) is 12.5 Å². The molecule has 1 amide bonds. The largest absolute Gasteiger partial charge is 0.468 e. The van der Waals surface area contributed by atoms with Crippen LogP contribution < -0.4 is 0 Å². The Kier molecular flexibility index (Phi) is 4.10. The van der Waals surface area contributed by atoms with E-state index in [1.165, 1.54) is 7.11 Å². The first-order valence-corrected chi connectivity index (χ1v) is 8.11. The van der Waals surface area contributed by atoms with Gasteiger partial charge >= 0.3 is 5.97 Å². The van der Waals surface area contributed by atoms with Crippen molar-refractivity contribution in [3.8, 4) is 0 Å². The van der Waals surface area contributed by atoms with E-state index in [4.69, 9.17) is 16.3 Å². The molecule has 1 aliphatic carbocycles. The molecule has 1 atom stereocenters. The van der Waals surface area contributed by atoms with Crippen molar-refractivity contribution in [1.29, 1.82) is 0 Å². The van der Waals surface area contributed by atoms with Crippen LogP contribution in [0.15, 0.2) is 24.3 Å². The highest BCUT2D eigenvalue weighted by Gasteiger charge is 2.60. The van der Waals surface area contributed by atoms with Crippen LogP contribution in [0, 0.1) is 5.41 Å². The summed E-state index contributed by atoms with van der Waals surface area (Å²) < 4.78 is 4.76. The molecule has 1 aromatic rings. The maximum atomic E-state index is 12.6. The van der Waals surface area contributed by atoms with Crippen LogP contribution in [0.4, 0.5) is 0 Å². The summed E-state index contributed by atoms with van der Waals surface area (Å²) in [6.45, 7) is 0.686. The van der Waals surface area contributed by atoms with Crippen molar-refractivity contribution in [2.24, 2.45) is 5.41 Å². The van der Waals surface area contributed by atoms with Crippen LogP contribution in [-0.2, 0) is 20.7 Å². The van der Waals surface area contributed by atoms with Gasteiger partial charge in [-0.25, -0.2) is 0 Å². The van der Waals surface area contributed by atoms with Crippen LogP contribution in [0.5, 0.6) is 0 Å². The fraction of sp³-hybridized carbons (Fsp3) is 0.529. The summed E-state index contributed by atoms with van der Waals surface area (Å²) in [6.07, 6.45) is 1.98. The predicted octanol–water partition coefficient (Wildman–Crippen LogP) is 1.80. The number of aliphatic hydroxyl groups is 1. The van der Waals surface area contributed by atoms with Gasteiger partial charge in [0.1, 0.15) is 5.41 Å². The Labute approximate surface area is 140 Å². The quantitative estimate of drug-likeness (QED) is 0.672. The Morgan fingerprint density at radius 1 is 1.35 bits per heavy atom. The Balaban J connectivity index is 1.68. The van der Waals surface area contributed by atoms with E-state index in [1.807, 2.05) is 18.2 Å². The number of halogens is 1. The van der Waals surface area contributed by atoms with Crippen molar-refractivity contribution >= 4 is 23.5 Å². The zero-order valence-electron chi connectivity index (χ0n) is 13.0. The SMILES string of the molecule is COC(=O)C1(C(=O)N2CC[C@](O)(Cc3cccc(Cl)c3)C2)CC1. The summed E-state index contributed by atoms with van der Waals surface area (Å²) in [7, 11) is 1.30. The summed E-state index contributed by atoms with van der Waals surface area (Å²) in [4.78, 5) is 26.0. The molecule has 5 nitrogen and oxygen atoms in total. The standard InChI is InChI=1S/C17H20ClNO4/c1-23-15(21)17(5-6-17)14(20)19-8-7-16(22,11-19)10-12-3-2-4-13(18)9-12/h2-4,9,22H,5-8,10-11H2,1H3/t16-/m0/s1. The maximum Gasteiger partial charge on any atom is 0.321 e. The molecule has 1 heterocycles. The number of methoxy groups -OCH3 is 1. The molecule has 1 saturated heterocycles. The van der Waals surface area contributed by atoms with Crippen LogP contribution in [0.1, 0.15) is 24.8 Å². The van der Waals surface area contributed by atoms with E-state index in [0.29, 0.717) is 37.3 Å². The summed E-state index contributed by atoms with van der Waals surface area (Å²) >= 11 is 5.98. The van der Waals surface area contributed by atoms with Gasteiger partial charge in [-0.05, 0) is 37.0 Å². The molecule has 2 aliphatic rings. The van der Waals surface area contributed by atoms with Crippen molar-refractivity contribution in [2.75, 3.05) is 20.2 Å². The van der Waals surface area contributed by atoms with Gasteiger partial charge in [0.05, 0.1) is 12.7 Å². The van der Waals surface area contributed by atoms with Gasteiger partial charge in [0, 0.05) is 24.5 Å². The maximum absolute atomic E-state index is 12.6. The molecular weight excluding hydrogens is 318 g/mol. The normalized spacial score (nSPS) is 25.3. The number of benzene rings is 1. The van der Waals surface area contributed by atoms with Crippen molar-refractivity contribution < 1.29 is 19.4 Å². The Bertz CT molecular complexity index is 643. The monoisotopic (exact) mass is 337 g/mol. The molecule has 2 fully saturated rings. The summed E-state index contributed by atoms with van der Waals surface area (Å²) in [6, 6.07) is 7.36. The lowest BCUT2D eigenvalue weighted by molar-refractivity contribution is -0.156. The third kappa shape index (κ3) is 3.08. The lowest BCUT2D eigenvalue weighted by Crippen LogP contribution is -2.43. The number of likely N-dealkylation sites (tertiary alicyclic amines) is 1. The average molecular weight is 338 g/mol. The van der Waals surface area contributed by atoms with E-state index in [1.54, 1.807) is 11.0 Å². The highest BCUT2D eigenvalue weighted by atomic mass is 35.5. The zero-order chi connectivity index (χ0) is 16.7. The smallest absolute Gasteiger partial charge is 0.321 e. The fourth-order valence-corrected chi connectivity index (χ4v) is 3.54. The van der Waals surface area contributed by atoms with Crippen LogP contribution >= 0.6 is 11.6 Å². The molecule has 23 heavy (non-hydrogen) atoms. The van der Waals surface area contributed by atoms with Gasteiger partial charge in [0.2, 0.25) is 5.91 Å². The molecular formula is C17H20ClNO4. The first-order chi connectivity index (χ1) is 10.9. The van der Waals surface area contributed by atoms with Gasteiger partial charge in [-0.1, -0.05) is 23.7 Å². The summed E-state index contributed by atoms with van der Waals surface area (Å²) in [5.74, 6) is -0.681. The van der Waals surface area contributed by atoms with Gasteiger partial charge in [0.25, 0.3) is 0 Å². The van der Waals surface area contributed by atoms with Crippen LogP contribution in [0.2, 0.25) is 5.02 Å². The van der Waals surface area contributed by atoms with E-state index in [0.717, 1.165) is 5.56 Å². The second kappa shape index (κ2) is 5.80. The minimum Gasteiger partial charge on any atom is -0.468 e. The minimum absolute atomic E-state index is 0.216. The molecule has 0 unspecified atom stereocenters. The first-order valence-electron chi connectivity index (χ1n) is 7.73. The summed E-state index contributed by atoms with van der Waals surface area (Å²) in [5.41, 5.74) is -1.05. The highest BCUT2D eigenvalue weighted by molar-refractivity contribution is 6.30.